The summed E-state index contributed by atoms with van der Waals surface area (Å²) in [6.45, 7) is 6.41. The maximum absolute atomic E-state index is 5.50. The summed E-state index contributed by atoms with van der Waals surface area (Å²) in [5.41, 5.74) is 2.67. The highest BCUT2D eigenvalue weighted by Gasteiger charge is 2.10. The normalized spacial score (nSPS) is 11.4. The van der Waals surface area contributed by atoms with Crippen molar-refractivity contribution in [2.75, 3.05) is 0 Å². The van der Waals surface area contributed by atoms with Crippen LogP contribution in [-0.4, -0.2) is 20.4 Å². The number of aromatic nitrogens is 4. The highest BCUT2D eigenvalue weighted by molar-refractivity contribution is 8.02. The van der Waals surface area contributed by atoms with Crippen molar-refractivity contribution in [1.29, 1.82) is 0 Å². The van der Waals surface area contributed by atoms with E-state index >= 15 is 0 Å². The van der Waals surface area contributed by atoms with Crippen LogP contribution in [0.4, 0.5) is 0 Å². The molecule has 3 rings (SSSR count). The lowest BCUT2D eigenvalue weighted by molar-refractivity contribution is 0.470. The van der Waals surface area contributed by atoms with Gasteiger partial charge < -0.3 is 4.42 Å². The maximum Gasteiger partial charge on any atom is 0.226 e. The molecular formula is C17H20N4OS3. The predicted molar refractivity (Wildman–Crippen MR) is 103 cm³/mol. The van der Waals surface area contributed by atoms with Crippen molar-refractivity contribution in [3.8, 4) is 0 Å². The van der Waals surface area contributed by atoms with E-state index in [2.05, 4.69) is 58.5 Å². The number of benzene rings is 1. The van der Waals surface area contributed by atoms with Crippen LogP contribution < -0.4 is 0 Å². The number of thioether (sulfide) groups is 2. The molecule has 8 heteroatoms. The fourth-order valence-corrected chi connectivity index (χ4v) is 4.88. The minimum absolute atomic E-state index is 0.566. The quantitative estimate of drug-likeness (QED) is 0.489. The number of hydrogen-bond donors (Lipinski definition) is 0. The van der Waals surface area contributed by atoms with E-state index in [1.54, 1.807) is 34.9 Å². The van der Waals surface area contributed by atoms with Crippen LogP contribution in [0.15, 0.2) is 37.4 Å². The van der Waals surface area contributed by atoms with E-state index in [1.165, 1.54) is 11.1 Å². The summed E-state index contributed by atoms with van der Waals surface area (Å²) in [5, 5.41) is 16.5. The Balaban J connectivity index is 1.49. The van der Waals surface area contributed by atoms with Gasteiger partial charge in [0.05, 0.1) is 5.75 Å². The molecule has 25 heavy (non-hydrogen) atoms. The molecule has 0 aliphatic rings. The average Bonchev–Trinajstić information content (AvgIpc) is 3.27. The van der Waals surface area contributed by atoms with Crippen molar-refractivity contribution in [3.63, 3.8) is 0 Å². The zero-order valence-electron chi connectivity index (χ0n) is 14.4. The molecule has 2 heterocycles. The van der Waals surface area contributed by atoms with Crippen molar-refractivity contribution in [3.05, 3.63) is 47.2 Å². The molecule has 0 radical (unpaired) electrons. The van der Waals surface area contributed by atoms with Gasteiger partial charge in [0.15, 0.2) is 8.68 Å². The minimum atomic E-state index is 0.566. The number of aryl methyl sites for hydroxylation is 1. The molecule has 2 aromatic heterocycles. The molecule has 0 aliphatic carbocycles. The van der Waals surface area contributed by atoms with Crippen LogP contribution in [0.5, 0.6) is 0 Å². The third kappa shape index (κ3) is 5.29. The Morgan fingerprint density at radius 1 is 0.920 bits per heavy atom. The number of rotatable bonds is 8. The van der Waals surface area contributed by atoms with Gasteiger partial charge in [0.2, 0.25) is 11.8 Å². The smallest absolute Gasteiger partial charge is 0.226 e. The van der Waals surface area contributed by atoms with E-state index < -0.39 is 0 Å². The largest absolute Gasteiger partial charge is 0.424 e. The first-order valence-electron chi connectivity index (χ1n) is 8.13. The molecule has 132 valence electrons. The SMILES string of the molecule is CCc1nnc(CSc2nnc(SCc3ccc(C(C)C)cc3)s2)o1. The first-order valence-corrected chi connectivity index (χ1v) is 10.9. The second-order valence-corrected chi connectivity index (χ2v) is 9.17. The van der Waals surface area contributed by atoms with Crippen LogP contribution in [0.2, 0.25) is 0 Å². The van der Waals surface area contributed by atoms with Gasteiger partial charge in [-0.15, -0.1) is 20.4 Å². The molecule has 0 spiro atoms. The van der Waals surface area contributed by atoms with E-state index in [4.69, 9.17) is 4.42 Å². The molecule has 0 saturated carbocycles. The van der Waals surface area contributed by atoms with E-state index in [0.29, 0.717) is 23.5 Å². The topological polar surface area (TPSA) is 64.7 Å². The van der Waals surface area contributed by atoms with Crippen LogP contribution in [-0.2, 0) is 17.9 Å². The fourth-order valence-electron chi connectivity index (χ4n) is 2.07. The highest BCUT2D eigenvalue weighted by atomic mass is 32.2. The molecule has 0 saturated heterocycles. The molecule has 5 nitrogen and oxygen atoms in total. The first kappa shape index (κ1) is 18.4. The number of nitrogens with zero attached hydrogens (tertiary/aromatic N) is 4. The zero-order valence-corrected chi connectivity index (χ0v) is 16.9. The minimum Gasteiger partial charge on any atom is -0.424 e. The van der Waals surface area contributed by atoms with Crippen LogP contribution in [0, 0.1) is 0 Å². The summed E-state index contributed by atoms with van der Waals surface area (Å²) < 4.78 is 7.41. The Labute approximate surface area is 160 Å². The molecular weight excluding hydrogens is 372 g/mol. The third-order valence-corrected chi connectivity index (χ3v) is 6.77. The predicted octanol–water partition coefficient (Wildman–Crippen LogP) is 5.19. The summed E-state index contributed by atoms with van der Waals surface area (Å²) >= 11 is 4.90. The van der Waals surface area contributed by atoms with Gasteiger partial charge in [-0.2, -0.15) is 0 Å². The molecule has 0 bridgehead atoms. The molecule has 0 N–H and O–H groups in total. The summed E-state index contributed by atoms with van der Waals surface area (Å²) in [5.74, 6) is 3.41. The Kier molecular flexibility index (Phi) is 6.50. The van der Waals surface area contributed by atoms with Gasteiger partial charge in [0.1, 0.15) is 0 Å². The van der Waals surface area contributed by atoms with Crippen molar-refractivity contribution >= 4 is 34.9 Å². The molecule has 0 aliphatic heterocycles. The standard InChI is InChI=1S/C17H20N4OS3/c1-4-14-18-19-15(22-14)10-24-17-21-20-16(25-17)23-9-12-5-7-13(8-6-12)11(2)3/h5-8,11H,4,9-10H2,1-3H3. The molecule has 0 fully saturated rings. The second kappa shape index (κ2) is 8.82. The monoisotopic (exact) mass is 392 g/mol. The lowest BCUT2D eigenvalue weighted by atomic mass is 10.0. The van der Waals surface area contributed by atoms with Gasteiger partial charge in [-0.05, 0) is 17.0 Å². The summed E-state index contributed by atoms with van der Waals surface area (Å²) in [7, 11) is 0. The van der Waals surface area contributed by atoms with Gasteiger partial charge in [-0.1, -0.05) is 79.9 Å². The van der Waals surface area contributed by atoms with E-state index in [0.717, 1.165) is 20.9 Å². The fraction of sp³-hybridized carbons (Fsp3) is 0.412. The van der Waals surface area contributed by atoms with Crippen molar-refractivity contribution in [2.24, 2.45) is 0 Å². The Morgan fingerprint density at radius 3 is 2.16 bits per heavy atom. The molecule has 1 aromatic carbocycles. The molecule has 0 unspecified atom stereocenters. The van der Waals surface area contributed by atoms with Gasteiger partial charge in [0, 0.05) is 12.2 Å². The summed E-state index contributed by atoms with van der Waals surface area (Å²) in [6.07, 6.45) is 0.759. The summed E-state index contributed by atoms with van der Waals surface area (Å²) in [6, 6.07) is 8.80. The molecule has 0 atom stereocenters. The Morgan fingerprint density at radius 2 is 1.56 bits per heavy atom. The lowest BCUT2D eigenvalue weighted by Gasteiger charge is -2.05. The lowest BCUT2D eigenvalue weighted by Crippen LogP contribution is -1.87. The van der Waals surface area contributed by atoms with E-state index in [-0.39, 0.29) is 0 Å². The third-order valence-electron chi connectivity index (χ3n) is 3.53. The highest BCUT2D eigenvalue weighted by Crippen LogP contribution is 2.32. The van der Waals surface area contributed by atoms with Crippen molar-refractivity contribution < 1.29 is 4.42 Å². The van der Waals surface area contributed by atoms with Gasteiger partial charge in [-0.25, -0.2) is 0 Å². The second-order valence-electron chi connectivity index (χ2n) is 5.75. The van der Waals surface area contributed by atoms with Crippen molar-refractivity contribution in [2.45, 2.75) is 53.3 Å². The van der Waals surface area contributed by atoms with E-state index in [9.17, 15) is 0 Å². The van der Waals surface area contributed by atoms with Crippen molar-refractivity contribution in [1.82, 2.24) is 20.4 Å². The number of hydrogen-bond acceptors (Lipinski definition) is 8. The van der Waals surface area contributed by atoms with Crippen LogP contribution in [0.3, 0.4) is 0 Å². The zero-order chi connectivity index (χ0) is 17.6. The Hall–Kier alpha value is -1.38. The Bertz CT molecular complexity index is 798. The molecule has 0 amide bonds. The van der Waals surface area contributed by atoms with E-state index in [1.807, 2.05) is 6.92 Å². The van der Waals surface area contributed by atoms with Crippen LogP contribution in [0.1, 0.15) is 49.6 Å². The average molecular weight is 393 g/mol. The maximum atomic E-state index is 5.50. The van der Waals surface area contributed by atoms with Gasteiger partial charge >= 0.3 is 0 Å². The summed E-state index contributed by atoms with van der Waals surface area (Å²) in [4.78, 5) is 0. The van der Waals surface area contributed by atoms with Gasteiger partial charge in [0.25, 0.3) is 0 Å². The first-order chi connectivity index (χ1) is 12.1. The van der Waals surface area contributed by atoms with Crippen LogP contribution >= 0.6 is 34.9 Å². The van der Waals surface area contributed by atoms with Crippen LogP contribution in [0.25, 0.3) is 0 Å². The molecule has 3 aromatic rings. The van der Waals surface area contributed by atoms with Gasteiger partial charge in [-0.3, -0.25) is 0 Å².